The van der Waals surface area contributed by atoms with Gasteiger partial charge in [-0.1, -0.05) is 89.5 Å². The molecule has 1 aliphatic heterocycles. The Hall–Kier alpha value is -4.38. The van der Waals surface area contributed by atoms with E-state index in [0.29, 0.717) is 0 Å². The highest BCUT2D eigenvalue weighted by Crippen LogP contribution is 2.61. The van der Waals surface area contributed by atoms with Crippen molar-refractivity contribution in [1.82, 2.24) is 9.80 Å². The second kappa shape index (κ2) is 13.4. The van der Waals surface area contributed by atoms with E-state index in [2.05, 4.69) is 144 Å². The third kappa shape index (κ3) is 5.83. The van der Waals surface area contributed by atoms with Gasteiger partial charge in [-0.2, -0.15) is 0 Å². The number of hydrogen-bond acceptors (Lipinski definition) is 4. The molecular formula is C46H52N2O2. The van der Waals surface area contributed by atoms with Gasteiger partial charge in [0.05, 0.1) is 7.11 Å². The van der Waals surface area contributed by atoms with E-state index in [9.17, 15) is 0 Å². The third-order valence-corrected chi connectivity index (χ3v) is 11.1. The monoisotopic (exact) mass is 664 g/mol. The summed E-state index contributed by atoms with van der Waals surface area (Å²) in [6.07, 6.45) is 9.14. The van der Waals surface area contributed by atoms with E-state index in [0.717, 1.165) is 61.4 Å². The fraction of sp³-hybridized carbons (Fsp3) is 0.348. The molecule has 5 aromatic carbocycles. The van der Waals surface area contributed by atoms with Crippen LogP contribution in [0.5, 0.6) is 11.5 Å². The molecule has 0 bridgehead atoms. The molecule has 0 saturated heterocycles. The van der Waals surface area contributed by atoms with Crippen LogP contribution >= 0.6 is 0 Å². The van der Waals surface area contributed by atoms with Crippen LogP contribution in [0.2, 0.25) is 0 Å². The Kier molecular flexibility index (Phi) is 9.13. The topological polar surface area (TPSA) is 24.9 Å². The molecule has 0 aromatic heterocycles. The van der Waals surface area contributed by atoms with Gasteiger partial charge in [-0.15, -0.1) is 0 Å². The van der Waals surface area contributed by atoms with Crippen LogP contribution in [0, 0.1) is 20.8 Å². The van der Waals surface area contributed by atoms with E-state index in [1.165, 1.54) is 55.3 Å². The molecule has 4 heteroatoms. The average molecular weight is 665 g/mol. The van der Waals surface area contributed by atoms with Crippen molar-refractivity contribution in [2.75, 3.05) is 48.4 Å². The molecule has 1 unspecified atom stereocenters. The van der Waals surface area contributed by atoms with Gasteiger partial charge < -0.3 is 19.3 Å². The van der Waals surface area contributed by atoms with E-state index in [1.54, 1.807) is 7.11 Å². The fourth-order valence-corrected chi connectivity index (χ4v) is 8.60. The molecule has 7 rings (SSSR count). The highest BCUT2D eigenvalue weighted by atomic mass is 16.5. The van der Waals surface area contributed by atoms with Crippen molar-refractivity contribution >= 4 is 16.8 Å². The molecular weight excluding hydrogens is 613 g/mol. The molecule has 0 radical (unpaired) electrons. The average Bonchev–Trinajstić information content (AvgIpc) is 3.37. The van der Waals surface area contributed by atoms with Crippen LogP contribution in [0.25, 0.3) is 28.0 Å². The highest BCUT2D eigenvalue weighted by molar-refractivity contribution is 6.08. The predicted octanol–water partition coefficient (Wildman–Crippen LogP) is 10.1. The number of fused-ring (bicyclic) bond motifs is 8. The van der Waals surface area contributed by atoms with Crippen molar-refractivity contribution in [3.63, 3.8) is 0 Å². The molecule has 50 heavy (non-hydrogen) atoms. The number of hydrogen-bond donors (Lipinski definition) is 0. The minimum absolute atomic E-state index is 0.135. The fourth-order valence-electron chi connectivity index (χ4n) is 8.60. The van der Waals surface area contributed by atoms with Crippen LogP contribution in [-0.2, 0) is 11.0 Å². The first-order chi connectivity index (χ1) is 24.1. The predicted molar refractivity (Wildman–Crippen MR) is 210 cm³/mol. The summed E-state index contributed by atoms with van der Waals surface area (Å²) in [6, 6.07) is 31.4. The molecule has 1 heterocycles. The van der Waals surface area contributed by atoms with Gasteiger partial charge >= 0.3 is 0 Å². The lowest BCUT2D eigenvalue weighted by Gasteiger charge is -2.40. The van der Waals surface area contributed by atoms with Crippen LogP contribution in [0.1, 0.15) is 70.2 Å². The molecule has 0 spiro atoms. The highest BCUT2D eigenvalue weighted by Gasteiger charge is 2.48. The summed E-state index contributed by atoms with van der Waals surface area (Å²) in [4.78, 5) is 4.65. The van der Waals surface area contributed by atoms with Crippen molar-refractivity contribution in [3.8, 4) is 22.6 Å². The quantitative estimate of drug-likeness (QED) is 0.140. The van der Waals surface area contributed by atoms with E-state index in [1.807, 2.05) is 12.1 Å². The normalized spacial score (nSPS) is 17.2. The Bertz CT molecular complexity index is 2040. The summed E-state index contributed by atoms with van der Waals surface area (Å²) in [5, 5.41) is 2.45. The van der Waals surface area contributed by atoms with Crippen molar-refractivity contribution < 1.29 is 9.47 Å². The van der Waals surface area contributed by atoms with Crippen LogP contribution in [0.3, 0.4) is 0 Å². The first-order valence-corrected chi connectivity index (χ1v) is 18.2. The van der Waals surface area contributed by atoms with Crippen molar-refractivity contribution in [2.24, 2.45) is 0 Å². The van der Waals surface area contributed by atoms with Crippen LogP contribution in [0.15, 0.2) is 91.0 Å². The minimum atomic E-state index is -0.807. The Morgan fingerprint density at radius 3 is 1.86 bits per heavy atom. The largest absolute Gasteiger partial charge is 0.497 e. The van der Waals surface area contributed by atoms with E-state index < -0.39 is 5.60 Å². The maximum atomic E-state index is 7.66. The van der Waals surface area contributed by atoms with Gasteiger partial charge in [-0.05, 0) is 140 Å². The molecule has 1 aliphatic carbocycles. The summed E-state index contributed by atoms with van der Waals surface area (Å²) in [5.74, 6) is 1.82. The van der Waals surface area contributed by atoms with Crippen molar-refractivity contribution in [1.29, 1.82) is 0 Å². The lowest BCUT2D eigenvalue weighted by atomic mass is 9.68. The van der Waals surface area contributed by atoms with Gasteiger partial charge in [0.2, 0.25) is 0 Å². The first kappa shape index (κ1) is 34.1. The Labute approximate surface area is 299 Å². The number of rotatable bonds is 11. The lowest BCUT2D eigenvalue weighted by Crippen LogP contribution is -2.35. The van der Waals surface area contributed by atoms with Crippen LogP contribution < -0.4 is 9.47 Å². The maximum Gasteiger partial charge on any atom is 0.178 e. The summed E-state index contributed by atoms with van der Waals surface area (Å²) < 4.78 is 13.2. The lowest BCUT2D eigenvalue weighted by molar-refractivity contribution is 0.163. The third-order valence-electron chi connectivity index (χ3n) is 11.1. The Morgan fingerprint density at radius 1 is 0.660 bits per heavy atom. The van der Waals surface area contributed by atoms with Gasteiger partial charge in [0.1, 0.15) is 11.5 Å². The molecule has 2 aliphatic rings. The molecule has 258 valence electrons. The van der Waals surface area contributed by atoms with E-state index in [4.69, 9.17) is 9.47 Å². The number of aryl methyl sites for hydroxylation is 3. The minimum Gasteiger partial charge on any atom is -0.497 e. The number of methoxy groups -OCH3 is 1. The van der Waals surface area contributed by atoms with Gasteiger partial charge in [0, 0.05) is 27.5 Å². The summed E-state index contributed by atoms with van der Waals surface area (Å²) >= 11 is 0. The molecule has 5 aromatic rings. The second-order valence-electron chi connectivity index (χ2n) is 15.3. The molecule has 1 atom stereocenters. The van der Waals surface area contributed by atoms with E-state index in [-0.39, 0.29) is 5.41 Å². The number of ether oxygens (including phenoxy) is 2. The van der Waals surface area contributed by atoms with Crippen molar-refractivity contribution in [3.05, 3.63) is 136 Å². The summed E-state index contributed by atoms with van der Waals surface area (Å²) in [5.41, 5.74) is 12.0. The molecule has 0 saturated carbocycles. The molecule has 0 amide bonds. The molecule has 0 fully saturated rings. The van der Waals surface area contributed by atoms with Crippen molar-refractivity contribution in [2.45, 2.75) is 57.5 Å². The van der Waals surface area contributed by atoms with Gasteiger partial charge in [0.25, 0.3) is 0 Å². The number of benzene rings is 5. The zero-order valence-electron chi connectivity index (χ0n) is 31.2. The van der Waals surface area contributed by atoms with Crippen LogP contribution in [-0.4, -0.2) is 58.2 Å². The zero-order valence-corrected chi connectivity index (χ0v) is 31.2. The van der Waals surface area contributed by atoms with Gasteiger partial charge in [-0.3, -0.25) is 0 Å². The SMILES string of the molecule is COc1ccc(C2(c3ccc(C)cc3)C=Cc3c4c(c5ccc(C)cc5c3O2)-c2ccc(C)cc2C4(CCCN(C)C)CCCN(C)C)cc1. The maximum absolute atomic E-state index is 7.66. The van der Waals surface area contributed by atoms with Gasteiger partial charge in [-0.25, -0.2) is 0 Å². The standard InChI is InChI=1S/C46H52N2O2/c1-31-11-15-34(16-12-31)46(35-17-19-36(49-8)20-18-35)26-23-39-43-42(37-21-13-32(2)29-40(37)44(39)50-46)38-22-14-33(3)30-41(38)45(43,24-9-27-47(4)5)25-10-28-48(6)7/h11-23,26,29-30H,9-10,24-25,27-28H2,1-8H3. The number of nitrogens with zero attached hydrogens (tertiary/aromatic N) is 2. The molecule has 4 nitrogen and oxygen atoms in total. The zero-order chi connectivity index (χ0) is 35.2. The Balaban J connectivity index is 1.54. The smallest absolute Gasteiger partial charge is 0.178 e. The van der Waals surface area contributed by atoms with Crippen LogP contribution in [0.4, 0.5) is 0 Å². The van der Waals surface area contributed by atoms with E-state index >= 15 is 0 Å². The molecule has 0 N–H and O–H groups in total. The first-order valence-electron chi connectivity index (χ1n) is 18.2. The second-order valence-corrected chi connectivity index (χ2v) is 15.3. The Morgan fingerprint density at radius 2 is 1.24 bits per heavy atom. The van der Waals surface area contributed by atoms with Gasteiger partial charge in [0.15, 0.2) is 5.60 Å². The summed E-state index contributed by atoms with van der Waals surface area (Å²) in [7, 11) is 10.5. The summed E-state index contributed by atoms with van der Waals surface area (Å²) in [6.45, 7) is 8.70.